The molecule has 0 spiro atoms. The Morgan fingerprint density at radius 1 is 0.393 bits per heavy atom. The first-order chi connectivity index (χ1) is 27.8. The maximum Gasteiger partial charge on any atom is 0.166 e. The standard InChI is InChI=1S/C50H31N5S/c1-3-14-32(15-4-1)34-27-28-41(44(31-34)55-42-24-9-7-21-40(42)46-43(55)25-13-29-51-46)50-53-48(33-16-5-2-6-17-33)52-49(54-50)36-19-11-18-35(30-36)37-22-12-23-39-38-20-8-10-26-45(38)56-47(37)39/h1-31H. The zero-order valence-electron chi connectivity index (χ0n) is 30.0. The fraction of sp³-hybridized carbons (Fsp3) is 0. The van der Waals surface area contributed by atoms with Crippen LogP contribution in [0, 0.1) is 0 Å². The van der Waals surface area contributed by atoms with Crippen LogP contribution >= 0.6 is 11.3 Å². The summed E-state index contributed by atoms with van der Waals surface area (Å²) in [5.41, 5.74) is 11.3. The lowest BCUT2D eigenvalue weighted by Crippen LogP contribution is -2.04. The molecule has 0 bridgehead atoms. The van der Waals surface area contributed by atoms with Crippen molar-refractivity contribution in [2.75, 3.05) is 0 Å². The molecule has 0 unspecified atom stereocenters. The van der Waals surface area contributed by atoms with Crippen LogP contribution in [0.4, 0.5) is 0 Å². The van der Waals surface area contributed by atoms with Crippen molar-refractivity contribution < 1.29 is 0 Å². The van der Waals surface area contributed by atoms with Gasteiger partial charge in [-0.15, -0.1) is 11.3 Å². The van der Waals surface area contributed by atoms with Crippen LogP contribution < -0.4 is 0 Å². The molecule has 0 fully saturated rings. The summed E-state index contributed by atoms with van der Waals surface area (Å²) in [6, 6.07) is 63.7. The van der Waals surface area contributed by atoms with E-state index in [1.54, 1.807) is 0 Å². The lowest BCUT2D eigenvalue weighted by molar-refractivity contribution is 1.06. The van der Waals surface area contributed by atoms with Gasteiger partial charge < -0.3 is 4.57 Å². The van der Waals surface area contributed by atoms with Crippen LogP contribution in [-0.4, -0.2) is 24.5 Å². The Morgan fingerprint density at radius 2 is 1.04 bits per heavy atom. The summed E-state index contributed by atoms with van der Waals surface area (Å²) in [7, 11) is 0. The van der Waals surface area contributed by atoms with E-state index in [2.05, 4.69) is 156 Å². The average molecular weight is 734 g/mol. The first kappa shape index (κ1) is 32.2. The van der Waals surface area contributed by atoms with Crippen molar-refractivity contribution in [2.24, 2.45) is 0 Å². The third-order valence-electron chi connectivity index (χ3n) is 10.5. The molecule has 6 heteroatoms. The molecule has 0 saturated heterocycles. The van der Waals surface area contributed by atoms with Gasteiger partial charge >= 0.3 is 0 Å². The molecule has 0 atom stereocenters. The number of nitrogens with zero attached hydrogens (tertiary/aromatic N) is 5. The minimum absolute atomic E-state index is 0.593. The molecule has 5 nitrogen and oxygen atoms in total. The van der Waals surface area contributed by atoms with Crippen LogP contribution in [0.15, 0.2) is 188 Å². The van der Waals surface area contributed by atoms with E-state index in [0.717, 1.165) is 61.0 Å². The predicted molar refractivity (Wildman–Crippen MR) is 232 cm³/mol. The molecular formula is C50H31N5S. The number of pyridine rings is 1. The third kappa shape index (κ3) is 5.38. The van der Waals surface area contributed by atoms with Crippen molar-refractivity contribution in [3.05, 3.63) is 188 Å². The summed E-state index contributed by atoms with van der Waals surface area (Å²) in [6.07, 6.45) is 1.86. The Kier molecular flexibility index (Phi) is 7.60. The quantitative estimate of drug-likeness (QED) is 0.171. The molecule has 7 aromatic carbocycles. The van der Waals surface area contributed by atoms with Gasteiger partial charge in [0.25, 0.3) is 0 Å². The van der Waals surface area contributed by atoms with Gasteiger partial charge in [-0.25, -0.2) is 15.0 Å². The minimum atomic E-state index is 0.593. The molecule has 0 aliphatic carbocycles. The highest BCUT2D eigenvalue weighted by Crippen LogP contribution is 2.41. The van der Waals surface area contributed by atoms with Crippen molar-refractivity contribution >= 4 is 53.4 Å². The number of hydrogen-bond acceptors (Lipinski definition) is 5. The Balaban J connectivity index is 1.15. The Hall–Kier alpha value is -7.28. The van der Waals surface area contributed by atoms with Gasteiger partial charge in [0.1, 0.15) is 0 Å². The van der Waals surface area contributed by atoms with Crippen molar-refractivity contribution in [3.63, 3.8) is 0 Å². The Morgan fingerprint density at radius 3 is 1.89 bits per heavy atom. The molecule has 262 valence electrons. The first-order valence-electron chi connectivity index (χ1n) is 18.6. The second-order valence-electron chi connectivity index (χ2n) is 13.9. The summed E-state index contributed by atoms with van der Waals surface area (Å²) in [5.74, 6) is 1.82. The van der Waals surface area contributed by atoms with Gasteiger partial charge in [0.2, 0.25) is 0 Å². The van der Waals surface area contributed by atoms with Crippen LogP contribution in [0.3, 0.4) is 0 Å². The zero-order chi connectivity index (χ0) is 37.0. The van der Waals surface area contributed by atoms with Crippen LogP contribution in [0.5, 0.6) is 0 Å². The maximum atomic E-state index is 5.32. The van der Waals surface area contributed by atoms with E-state index in [9.17, 15) is 0 Å². The molecule has 0 amide bonds. The Labute approximate surface area is 326 Å². The normalized spacial score (nSPS) is 11.6. The number of hydrogen-bond donors (Lipinski definition) is 0. The lowest BCUT2D eigenvalue weighted by atomic mass is 10.00. The topological polar surface area (TPSA) is 56.5 Å². The van der Waals surface area contributed by atoms with E-state index >= 15 is 0 Å². The van der Waals surface area contributed by atoms with E-state index in [4.69, 9.17) is 19.9 Å². The molecule has 56 heavy (non-hydrogen) atoms. The molecule has 0 saturated carbocycles. The van der Waals surface area contributed by atoms with E-state index in [0.29, 0.717) is 17.5 Å². The second kappa shape index (κ2) is 13.2. The minimum Gasteiger partial charge on any atom is -0.307 e. The van der Waals surface area contributed by atoms with Gasteiger partial charge in [-0.05, 0) is 64.7 Å². The Bertz CT molecular complexity index is 3200. The van der Waals surface area contributed by atoms with Gasteiger partial charge in [-0.2, -0.15) is 0 Å². The van der Waals surface area contributed by atoms with E-state index in [1.165, 1.54) is 25.7 Å². The van der Waals surface area contributed by atoms with Gasteiger partial charge in [-0.3, -0.25) is 4.98 Å². The number of thiophene rings is 1. The number of benzene rings is 7. The van der Waals surface area contributed by atoms with Crippen LogP contribution in [0.2, 0.25) is 0 Å². The van der Waals surface area contributed by atoms with Gasteiger partial charge in [0.05, 0.1) is 22.2 Å². The molecule has 0 aliphatic rings. The highest BCUT2D eigenvalue weighted by Gasteiger charge is 2.21. The van der Waals surface area contributed by atoms with Gasteiger partial charge in [0, 0.05) is 48.4 Å². The summed E-state index contributed by atoms with van der Waals surface area (Å²) in [5, 5.41) is 3.65. The SMILES string of the molecule is c1ccc(-c2ccc(-c3nc(-c4ccccc4)nc(-c4cccc(-c5cccc6c5sc5ccccc56)c4)n3)c(-n3c4ccccc4c4ncccc43)c2)cc1. The van der Waals surface area contributed by atoms with E-state index < -0.39 is 0 Å². The molecule has 11 rings (SSSR count). The second-order valence-corrected chi connectivity index (χ2v) is 14.9. The monoisotopic (exact) mass is 733 g/mol. The summed E-state index contributed by atoms with van der Waals surface area (Å²) in [6.45, 7) is 0. The summed E-state index contributed by atoms with van der Waals surface area (Å²) >= 11 is 1.84. The molecule has 0 aliphatic heterocycles. The number of para-hydroxylation sites is 1. The van der Waals surface area contributed by atoms with E-state index in [-0.39, 0.29) is 0 Å². The molecular weight excluding hydrogens is 703 g/mol. The third-order valence-corrected chi connectivity index (χ3v) is 11.7. The van der Waals surface area contributed by atoms with Gasteiger partial charge in [0.15, 0.2) is 17.5 Å². The van der Waals surface area contributed by atoms with Crippen LogP contribution in [-0.2, 0) is 0 Å². The average Bonchev–Trinajstić information content (AvgIpc) is 3.83. The maximum absolute atomic E-state index is 5.32. The van der Waals surface area contributed by atoms with Gasteiger partial charge in [-0.1, -0.05) is 140 Å². The van der Waals surface area contributed by atoms with E-state index in [1.807, 2.05) is 47.9 Å². The largest absolute Gasteiger partial charge is 0.307 e. The molecule has 0 N–H and O–H groups in total. The van der Waals surface area contributed by atoms with Crippen molar-refractivity contribution in [1.29, 1.82) is 0 Å². The molecule has 4 heterocycles. The molecule has 4 aromatic heterocycles. The van der Waals surface area contributed by atoms with Crippen molar-refractivity contribution in [1.82, 2.24) is 24.5 Å². The summed E-state index contributed by atoms with van der Waals surface area (Å²) < 4.78 is 4.86. The van der Waals surface area contributed by atoms with Crippen molar-refractivity contribution in [3.8, 4) is 62.1 Å². The lowest BCUT2D eigenvalue weighted by Gasteiger charge is -2.16. The number of aromatic nitrogens is 5. The summed E-state index contributed by atoms with van der Waals surface area (Å²) in [4.78, 5) is 20.5. The van der Waals surface area contributed by atoms with Crippen LogP contribution in [0.25, 0.3) is 104 Å². The number of fused-ring (bicyclic) bond motifs is 6. The highest BCUT2D eigenvalue weighted by molar-refractivity contribution is 7.26. The van der Waals surface area contributed by atoms with Crippen LogP contribution in [0.1, 0.15) is 0 Å². The molecule has 11 aromatic rings. The molecule has 0 radical (unpaired) electrons. The highest BCUT2D eigenvalue weighted by atomic mass is 32.1. The smallest absolute Gasteiger partial charge is 0.166 e. The first-order valence-corrected chi connectivity index (χ1v) is 19.5. The number of rotatable bonds is 6. The van der Waals surface area contributed by atoms with Crippen molar-refractivity contribution in [2.45, 2.75) is 0 Å². The fourth-order valence-electron chi connectivity index (χ4n) is 7.90. The fourth-order valence-corrected chi connectivity index (χ4v) is 9.14. The predicted octanol–water partition coefficient (Wildman–Crippen LogP) is 13.1. The zero-order valence-corrected chi connectivity index (χ0v) is 30.9.